The molecule has 6 heteroatoms. The zero-order valence-electron chi connectivity index (χ0n) is 16.3. The van der Waals surface area contributed by atoms with Crippen LogP contribution in [0.4, 0.5) is 0 Å². The van der Waals surface area contributed by atoms with Crippen LogP contribution in [0, 0.1) is 5.92 Å². The topological polar surface area (TPSA) is 63.5 Å². The minimum Gasteiger partial charge on any atom is -0.492 e. The Morgan fingerprint density at radius 3 is 2.93 bits per heavy atom. The molecule has 2 heterocycles. The van der Waals surface area contributed by atoms with Crippen molar-refractivity contribution in [3.63, 3.8) is 0 Å². The number of methoxy groups -OCH3 is 1. The maximum Gasteiger partial charge on any atom is 0.231 e. The van der Waals surface area contributed by atoms with Gasteiger partial charge in [-0.25, -0.2) is 0 Å². The van der Waals surface area contributed by atoms with Gasteiger partial charge in [0.2, 0.25) is 12.5 Å². The lowest BCUT2D eigenvalue weighted by Gasteiger charge is -2.37. The second-order valence-corrected chi connectivity index (χ2v) is 7.78. The summed E-state index contributed by atoms with van der Waals surface area (Å²) in [7, 11) is 3.80. The number of ether oxygens (including phenoxy) is 3. The first-order valence-corrected chi connectivity index (χ1v) is 9.68. The Kier molecular flexibility index (Phi) is 5.00. The SMILES string of the molecule is COc1c2c(cc3c1[C@H](CC(=NO)[C@@H]1CC=C(C)CC1)N(C)CC3)OCO2. The van der Waals surface area contributed by atoms with Gasteiger partial charge in [-0.1, -0.05) is 16.8 Å². The van der Waals surface area contributed by atoms with Crippen LogP contribution in [0.25, 0.3) is 0 Å². The number of allylic oxidation sites excluding steroid dienone is 2. The van der Waals surface area contributed by atoms with Gasteiger partial charge in [-0.05, 0) is 51.3 Å². The molecule has 1 N–H and O–H groups in total. The number of likely N-dealkylation sites (N-methyl/N-ethyl adjacent to an activating group) is 1. The van der Waals surface area contributed by atoms with Crippen molar-refractivity contribution in [3.8, 4) is 17.2 Å². The summed E-state index contributed by atoms with van der Waals surface area (Å²) >= 11 is 0. The van der Waals surface area contributed by atoms with E-state index in [0.29, 0.717) is 18.1 Å². The van der Waals surface area contributed by atoms with Crippen molar-refractivity contribution in [2.75, 3.05) is 27.5 Å². The molecule has 0 bridgehead atoms. The molecule has 0 aromatic heterocycles. The monoisotopic (exact) mass is 372 g/mol. The van der Waals surface area contributed by atoms with Crippen LogP contribution >= 0.6 is 0 Å². The van der Waals surface area contributed by atoms with Crippen molar-refractivity contribution < 1.29 is 19.4 Å². The van der Waals surface area contributed by atoms with Crippen LogP contribution in [0.15, 0.2) is 22.9 Å². The van der Waals surface area contributed by atoms with Crippen LogP contribution in [0.1, 0.15) is 49.8 Å². The quantitative estimate of drug-likeness (QED) is 0.376. The molecule has 27 heavy (non-hydrogen) atoms. The predicted molar refractivity (Wildman–Crippen MR) is 103 cm³/mol. The van der Waals surface area contributed by atoms with E-state index in [-0.39, 0.29) is 12.8 Å². The van der Waals surface area contributed by atoms with E-state index in [9.17, 15) is 5.21 Å². The highest BCUT2D eigenvalue weighted by Gasteiger charge is 2.35. The van der Waals surface area contributed by atoms with Gasteiger partial charge in [0.15, 0.2) is 11.5 Å². The Labute approximate surface area is 160 Å². The first-order valence-electron chi connectivity index (χ1n) is 9.68. The van der Waals surface area contributed by atoms with Crippen molar-refractivity contribution in [3.05, 3.63) is 28.8 Å². The van der Waals surface area contributed by atoms with E-state index in [4.69, 9.17) is 14.2 Å². The molecule has 0 radical (unpaired) electrons. The fraction of sp³-hybridized carbons (Fsp3) is 0.571. The zero-order chi connectivity index (χ0) is 19.0. The summed E-state index contributed by atoms with van der Waals surface area (Å²) < 4.78 is 17.0. The summed E-state index contributed by atoms with van der Waals surface area (Å²) in [6.07, 6.45) is 6.97. The molecule has 146 valence electrons. The molecule has 0 saturated heterocycles. The van der Waals surface area contributed by atoms with Crippen molar-refractivity contribution >= 4 is 5.71 Å². The Balaban J connectivity index is 1.68. The highest BCUT2D eigenvalue weighted by Crippen LogP contribution is 2.50. The number of hydrogen-bond acceptors (Lipinski definition) is 6. The molecular formula is C21H28N2O4. The molecule has 1 aromatic carbocycles. The summed E-state index contributed by atoms with van der Waals surface area (Å²) in [4.78, 5) is 2.32. The lowest BCUT2D eigenvalue weighted by molar-refractivity contribution is 0.170. The third-order valence-corrected chi connectivity index (χ3v) is 6.19. The molecular weight excluding hydrogens is 344 g/mol. The fourth-order valence-electron chi connectivity index (χ4n) is 4.54. The van der Waals surface area contributed by atoms with Gasteiger partial charge in [-0.2, -0.15) is 0 Å². The molecule has 3 aliphatic rings. The van der Waals surface area contributed by atoms with E-state index in [1.54, 1.807) is 7.11 Å². The smallest absolute Gasteiger partial charge is 0.231 e. The summed E-state index contributed by atoms with van der Waals surface area (Å²) in [5.41, 5.74) is 4.68. The van der Waals surface area contributed by atoms with Crippen LogP contribution in [0.2, 0.25) is 0 Å². The number of hydrogen-bond donors (Lipinski definition) is 1. The van der Waals surface area contributed by atoms with E-state index >= 15 is 0 Å². The summed E-state index contributed by atoms with van der Waals surface area (Å²) in [6.45, 7) is 3.35. The van der Waals surface area contributed by atoms with E-state index in [1.165, 1.54) is 11.1 Å². The van der Waals surface area contributed by atoms with E-state index in [0.717, 1.165) is 55.0 Å². The second kappa shape index (κ2) is 7.43. The molecule has 1 aromatic rings. The van der Waals surface area contributed by atoms with E-state index in [1.807, 2.05) is 0 Å². The lowest BCUT2D eigenvalue weighted by Crippen LogP contribution is -2.35. The van der Waals surface area contributed by atoms with Crippen LogP contribution in [0.3, 0.4) is 0 Å². The molecule has 0 fully saturated rings. The van der Waals surface area contributed by atoms with Gasteiger partial charge in [0, 0.05) is 30.5 Å². The number of rotatable bonds is 4. The van der Waals surface area contributed by atoms with Crippen LogP contribution in [-0.2, 0) is 6.42 Å². The molecule has 4 rings (SSSR count). The average molecular weight is 372 g/mol. The van der Waals surface area contributed by atoms with Crippen molar-refractivity contribution in [1.82, 2.24) is 4.90 Å². The maximum atomic E-state index is 9.76. The van der Waals surface area contributed by atoms with Crippen LogP contribution < -0.4 is 14.2 Å². The molecule has 0 saturated carbocycles. The normalized spacial score (nSPS) is 25.1. The van der Waals surface area contributed by atoms with Crippen LogP contribution in [0.5, 0.6) is 17.2 Å². The predicted octanol–water partition coefficient (Wildman–Crippen LogP) is 3.92. The third-order valence-electron chi connectivity index (χ3n) is 6.19. The van der Waals surface area contributed by atoms with E-state index < -0.39 is 0 Å². The van der Waals surface area contributed by atoms with Gasteiger partial charge in [0.1, 0.15) is 0 Å². The van der Waals surface area contributed by atoms with Crippen molar-refractivity contribution in [2.24, 2.45) is 11.1 Å². The van der Waals surface area contributed by atoms with E-state index in [2.05, 4.69) is 36.2 Å². The molecule has 2 aliphatic heterocycles. The Morgan fingerprint density at radius 1 is 1.37 bits per heavy atom. The average Bonchev–Trinajstić information content (AvgIpc) is 3.15. The number of nitrogens with zero attached hydrogens (tertiary/aromatic N) is 2. The van der Waals surface area contributed by atoms with Crippen molar-refractivity contribution in [1.29, 1.82) is 0 Å². The lowest BCUT2D eigenvalue weighted by atomic mass is 9.81. The van der Waals surface area contributed by atoms with Gasteiger partial charge >= 0.3 is 0 Å². The summed E-state index contributed by atoms with van der Waals surface area (Å²) in [5, 5.41) is 13.5. The van der Waals surface area contributed by atoms with Crippen LogP contribution in [-0.4, -0.2) is 43.3 Å². The molecule has 0 unspecified atom stereocenters. The summed E-state index contributed by atoms with van der Waals surface area (Å²) in [5.74, 6) is 2.51. The molecule has 1 aliphatic carbocycles. The molecule has 0 spiro atoms. The molecule has 2 atom stereocenters. The number of fused-ring (bicyclic) bond motifs is 2. The zero-order valence-corrected chi connectivity index (χ0v) is 16.3. The van der Waals surface area contributed by atoms with Gasteiger partial charge in [0.25, 0.3) is 0 Å². The second-order valence-electron chi connectivity index (χ2n) is 7.78. The van der Waals surface area contributed by atoms with Gasteiger partial charge in [-0.3, -0.25) is 4.90 Å². The fourth-order valence-corrected chi connectivity index (χ4v) is 4.54. The highest BCUT2D eigenvalue weighted by molar-refractivity contribution is 5.87. The third kappa shape index (κ3) is 3.27. The summed E-state index contributed by atoms with van der Waals surface area (Å²) in [6, 6.07) is 2.18. The van der Waals surface area contributed by atoms with Gasteiger partial charge in [-0.15, -0.1) is 0 Å². The molecule has 6 nitrogen and oxygen atoms in total. The standard InChI is InChI=1S/C21H28N2O4/c1-13-4-6-14(7-5-13)16(22-24)11-17-19-15(8-9-23(17)2)10-18-20(21(19)25-3)27-12-26-18/h4,10,14,17,24H,5-9,11-12H2,1-3H3/t14-,17+/m1/s1. The molecule has 0 amide bonds. The highest BCUT2D eigenvalue weighted by atomic mass is 16.7. The Hall–Kier alpha value is -2.21. The van der Waals surface area contributed by atoms with Gasteiger partial charge < -0.3 is 19.4 Å². The first-order chi connectivity index (χ1) is 13.1. The largest absolute Gasteiger partial charge is 0.492 e. The number of benzene rings is 1. The van der Waals surface area contributed by atoms with Crippen molar-refractivity contribution in [2.45, 2.75) is 45.1 Å². The minimum atomic E-state index is 0.0936. The van der Waals surface area contributed by atoms with Gasteiger partial charge in [0.05, 0.1) is 12.8 Å². The Bertz CT molecular complexity index is 787. The number of oxime groups is 1. The first kappa shape index (κ1) is 18.2. The minimum absolute atomic E-state index is 0.0936. The maximum absolute atomic E-state index is 9.76. The Morgan fingerprint density at radius 2 is 2.22 bits per heavy atom.